The smallest absolute Gasteiger partial charge is 0.195 e. The molecule has 0 bridgehead atoms. The minimum atomic E-state index is 0.0211. The fraction of sp³-hybridized carbons (Fsp3) is 0. The Morgan fingerprint density at radius 3 is 2.94 bits per heavy atom. The highest BCUT2D eigenvalue weighted by atomic mass is 127. The monoisotopic (exact) mass is 348 g/mol. The second-order valence-corrected chi connectivity index (χ2v) is 5.19. The summed E-state index contributed by atoms with van der Waals surface area (Å²) >= 11 is 2.20. The van der Waals surface area contributed by atoms with Crippen molar-refractivity contribution in [2.45, 2.75) is 0 Å². The number of fused-ring (bicyclic) bond motifs is 1. The Morgan fingerprint density at radius 1 is 1.22 bits per heavy atom. The van der Waals surface area contributed by atoms with E-state index in [0.29, 0.717) is 11.1 Å². The molecule has 0 radical (unpaired) electrons. The number of benzene rings is 1. The van der Waals surface area contributed by atoms with Crippen LogP contribution in [0.4, 0.5) is 0 Å². The fourth-order valence-corrected chi connectivity index (χ4v) is 2.47. The predicted octanol–water partition coefficient (Wildman–Crippen LogP) is 3.40. The van der Waals surface area contributed by atoms with Crippen molar-refractivity contribution < 1.29 is 4.79 Å². The third-order valence-corrected chi connectivity index (χ3v) is 3.45. The van der Waals surface area contributed by atoms with Crippen molar-refractivity contribution in [3.63, 3.8) is 0 Å². The molecule has 3 aromatic rings. The van der Waals surface area contributed by atoms with Gasteiger partial charge < -0.3 is 4.98 Å². The normalized spacial score (nSPS) is 10.7. The van der Waals surface area contributed by atoms with Crippen molar-refractivity contribution in [1.29, 1.82) is 0 Å². The van der Waals surface area contributed by atoms with E-state index in [2.05, 4.69) is 32.6 Å². The second kappa shape index (κ2) is 4.53. The number of carbonyl (C=O) groups is 1. The van der Waals surface area contributed by atoms with Gasteiger partial charge in [-0.1, -0.05) is 12.1 Å². The summed E-state index contributed by atoms with van der Waals surface area (Å²) in [6.07, 6.45) is 3.43. The van der Waals surface area contributed by atoms with E-state index in [1.165, 1.54) is 0 Å². The number of hydrogen-bond acceptors (Lipinski definition) is 2. The summed E-state index contributed by atoms with van der Waals surface area (Å²) in [4.78, 5) is 19.6. The number of nitrogens with one attached hydrogen (secondary N) is 1. The number of aromatic nitrogens is 2. The van der Waals surface area contributed by atoms with Crippen LogP contribution < -0.4 is 0 Å². The van der Waals surface area contributed by atoms with Gasteiger partial charge in [-0.15, -0.1) is 0 Å². The van der Waals surface area contributed by atoms with Gasteiger partial charge >= 0.3 is 0 Å². The molecule has 0 spiro atoms. The maximum Gasteiger partial charge on any atom is 0.195 e. The van der Waals surface area contributed by atoms with Crippen LogP contribution in [0.25, 0.3) is 11.0 Å². The quantitative estimate of drug-likeness (QED) is 0.570. The molecule has 0 aliphatic heterocycles. The molecule has 2 aromatic heterocycles. The minimum absolute atomic E-state index is 0.0211. The van der Waals surface area contributed by atoms with Gasteiger partial charge in [0.2, 0.25) is 0 Å². The number of pyridine rings is 1. The molecule has 0 atom stereocenters. The summed E-state index contributed by atoms with van der Waals surface area (Å²) in [6.45, 7) is 0. The number of hydrogen-bond donors (Lipinski definition) is 1. The van der Waals surface area contributed by atoms with Crippen LogP contribution in [0.3, 0.4) is 0 Å². The predicted molar refractivity (Wildman–Crippen MR) is 78.7 cm³/mol. The number of halogens is 1. The van der Waals surface area contributed by atoms with Gasteiger partial charge in [0.15, 0.2) is 5.78 Å². The highest BCUT2D eigenvalue weighted by Crippen LogP contribution is 2.20. The van der Waals surface area contributed by atoms with E-state index >= 15 is 0 Å². The number of aromatic amines is 1. The Balaban J connectivity index is 2.12. The zero-order valence-electron chi connectivity index (χ0n) is 9.35. The van der Waals surface area contributed by atoms with E-state index < -0.39 is 0 Å². The number of nitrogens with zero attached hydrogens (tertiary/aromatic N) is 1. The summed E-state index contributed by atoms with van der Waals surface area (Å²) in [7, 11) is 0. The first-order chi connectivity index (χ1) is 8.75. The molecular weight excluding hydrogens is 339 g/mol. The zero-order valence-corrected chi connectivity index (χ0v) is 11.5. The molecule has 0 saturated carbocycles. The van der Waals surface area contributed by atoms with Crippen LogP contribution in [-0.4, -0.2) is 15.8 Å². The van der Waals surface area contributed by atoms with E-state index in [1.54, 1.807) is 12.4 Å². The number of ketones is 1. The first-order valence-corrected chi connectivity index (χ1v) is 6.56. The van der Waals surface area contributed by atoms with Crippen molar-refractivity contribution >= 4 is 39.4 Å². The Morgan fingerprint density at radius 2 is 2.11 bits per heavy atom. The third-order valence-electron chi connectivity index (χ3n) is 2.78. The Labute approximate surface area is 117 Å². The number of carbonyl (C=O) groups excluding carboxylic acids is 1. The van der Waals surface area contributed by atoms with Gasteiger partial charge in [0.25, 0.3) is 0 Å². The molecule has 0 saturated heterocycles. The van der Waals surface area contributed by atoms with Crippen molar-refractivity contribution in [3.8, 4) is 0 Å². The molecular formula is C14H9IN2O. The summed E-state index contributed by atoms with van der Waals surface area (Å²) in [6, 6.07) is 11.3. The first-order valence-electron chi connectivity index (χ1n) is 5.48. The highest BCUT2D eigenvalue weighted by molar-refractivity contribution is 14.1. The molecule has 4 heteroatoms. The lowest BCUT2D eigenvalue weighted by atomic mass is 10.0. The summed E-state index contributed by atoms with van der Waals surface area (Å²) < 4.78 is 1.05. The second-order valence-electron chi connectivity index (χ2n) is 3.94. The van der Waals surface area contributed by atoms with Crippen LogP contribution in [0.15, 0.2) is 48.8 Å². The van der Waals surface area contributed by atoms with Crippen LogP contribution in [0.1, 0.15) is 15.9 Å². The van der Waals surface area contributed by atoms with E-state index in [4.69, 9.17) is 0 Å². The van der Waals surface area contributed by atoms with Crippen molar-refractivity contribution in [2.24, 2.45) is 0 Å². The molecule has 0 fully saturated rings. The van der Waals surface area contributed by atoms with Gasteiger partial charge in [-0.2, -0.15) is 0 Å². The number of H-pyrrole nitrogens is 1. The molecule has 0 amide bonds. The highest BCUT2D eigenvalue weighted by Gasteiger charge is 2.14. The SMILES string of the molecule is O=C(c1cccc(I)c1)c1c[nH]c2ncccc12. The Kier molecular flexibility index (Phi) is 2.87. The van der Waals surface area contributed by atoms with Crippen LogP contribution in [0, 0.1) is 3.57 Å². The molecule has 0 aliphatic rings. The van der Waals surface area contributed by atoms with Crippen LogP contribution in [0.5, 0.6) is 0 Å². The van der Waals surface area contributed by atoms with Gasteiger partial charge in [-0.05, 0) is 46.9 Å². The molecule has 1 N–H and O–H groups in total. The standard InChI is InChI=1S/C14H9IN2O/c15-10-4-1-3-9(7-10)13(18)12-8-17-14-11(12)5-2-6-16-14/h1-8H,(H,16,17). The van der Waals surface area contributed by atoms with E-state index in [0.717, 1.165) is 14.6 Å². The van der Waals surface area contributed by atoms with Crippen molar-refractivity contribution in [1.82, 2.24) is 9.97 Å². The lowest BCUT2D eigenvalue weighted by Gasteiger charge is -2.00. The fourth-order valence-electron chi connectivity index (χ4n) is 1.93. The van der Waals surface area contributed by atoms with Crippen LogP contribution in [0.2, 0.25) is 0 Å². The average molecular weight is 348 g/mol. The molecule has 3 nitrogen and oxygen atoms in total. The Bertz CT molecular complexity index is 733. The number of rotatable bonds is 2. The summed E-state index contributed by atoms with van der Waals surface area (Å²) in [5, 5.41) is 0.862. The lowest BCUT2D eigenvalue weighted by molar-refractivity contribution is 0.104. The van der Waals surface area contributed by atoms with Crippen molar-refractivity contribution in [2.75, 3.05) is 0 Å². The maximum absolute atomic E-state index is 12.4. The lowest BCUT2D eigenvalue weighted by Crippen LogP contribution is -2.00. The molecule has 2 heterocycles. The van der Waals surface area contributed by atoms with Gasteiger partial charge in [0, 0.05) is 32.5 Å². The van der Waals surface area contributed by atoms with Gasteiger partial charge in [0.05, 0.1) is 0 Å². The average Bonchev–Trinajstić information content (AvgIpc) is 2.82. The molecule has 0 aliphatic carbocycles. The van der Waals surface area contributed by atoms with E-state index in [9.17, 15) is 4.79 Å². The topological polar surface area (TPSA) is 45.8 Å². The molecule has 18 heavy (non-hydrogen) atoms. The van der Waals surface area contributed by atoms with E-state index in [-0.39, 0.29) is 5.78 Å². The zero-order chi connectivity index (χ0) is 12.5. The molecule has 0 unspecified atom stereocenters. The summed E-state index contributed by atoms with van der Waals surface area (Å²) in [5.41, 5.74) is 2.11. The van der Waals surface area contributed by atoms with Gasteiger partial charge in [0.1, 0.15) is 5.65 Å². The molecule has 88 valence electrons. The van der Waals surface area contributed by atoms with Crippen molar-refractivity contribution in [3.05, 3.63) is 63.5 Å². The van der Waals surface area contributed by atoms with Crippen LogP contribution in [-0.2, 0) is 0 Å². The molecule has 1 aromatic carbocycles. The maximum atomic E-state index is 12.4. The van der Waals surface area contributed by atoms with Gasteiger partial charge in [-0.25, -0.2) is 4.98 Å². The van der Waals surface area contributed by atoms with Gasteiger partial charge in [-0.3, -0.25) is 4.79 Å². The largest absolute Gasteiger partial charge is 0.345 e. The first kappa shape index (κ1) is 11.4. The summed E-state index contributed by atoms with van der Waals surface area (Å²) in [5.74, 6) is 0.0211. The molecule has 3 rings (SSSR count). The third kappa shape index (κ3) is 1.92. The Hall–Kier alpha value is -1.69. The minimum Gasteiger partial charge on any atom is -0.345 e. The van der Waals surface area contributed by atoms with E-state index in [1.807, 2.05) is 36.4 Å². The van der Waals surface area contributed by atoms with Crippen LogP contribution >= 0.6 is 22.6 Å².